The van der Waals surface area contributed by atoms with Crippen LogP contribution in [0.2, 0.25) is 0 Å². The van der Waals surface area contributed by atoms with Crippen LogP contribution in [0.3, 0.4) is 0 Å². The molecule has 0 saturated carbocycles. The summed E-state index contributed by atoms with van der Waals surface area (Å²) in [5, 5.41) is 21.4. The van der Waals surface area contributed by atoms with Gasteiger partial charge in [-0.05, 0) is 47.0 Å². The molecule has 1 aliphatic rings. The molecular formula is C14H15BrN2O3. The summed E-state index contributed by atoms with van der Waals surface area (Å²) in [4.78, 5) is 11.5. The van der Waals surface area contributed by atoms with Crippen LogP contribution in [0.15, 0.2) is 22.7 Å². The molecule has 5 nitrogen and oxygen atoms in total. The van der Waals surface area contributed by atoms with E-state index in [2.05, 4.69) is 27.3 Å². The fraction of sp³-hybridized carbons (Fsp3) is 0.429. The summed E-state index contributed by atoms with van der Waals surface area (Å²) < 4.78 is 6.00. The lowest BCUT2D eigenvalue weighted by Crippen LogP contribution is -2.42. The van der Waals surface area contributed by atoms with Gasteiger partial charge < -0.3 is 15.2 Å². The number of rotatable bonds is 4. The fourth-order valence-corrected chi connectivity index (χ4v) is 2.74. The molecule has 1 fully saturated rings. The predicted molar refractivity (Wildman–Crippen MR) is 77.5 cm³/mol. The van der Waals surface area contributed by atoms with Crippen LogP contribution in [0.5, 0.6) is 0 Å². The van der Waals surface area contributed by atoms with Gasteiger partial charge in [-0.15, -0.1) is 0 Å². The Kier molecular flexibility index (Phi) is 4.63. The van der Waals surface area contributed by atoms with Crippen LogP contribution in [0.4, 0.5) is 5.69 Å². The summed E-state index contributed by atoms with van der Waals surface area (Å²) >= 11 is 3.38. The van der Waals surface area contributed by atoms with Crippen molar-refractivity contribution < 1.29 is 14.6 Å². The maximum Gasteiger partial charge on any atom is 0.311 e. The molecule has 20 heavy (non-hydrogen) atoms. The minimum atomic E-state index is -0.793. The van der Waals surface area contributed by atoms with Crippen LogP contribution in [-0.4, -0.2) is 30.8 Å². The van der Waals surface area contributed by atoms with E-state index in [1.807, 2.05) is 0 Å². The van der Waals surface area contributed by atoms with Crippen LogP contribution in [0, 0.1) is 16.7 Å². The normalized spacial score (nSPS) is 17.2. The number of carbonyl (C=O) groups is 1. The SMILES string of the molecule is N#Cc1ccc(NCC2(C(=O)O)CCOCC2)c(Br)c1. The summed E-state index contributed by atoms with van der Waals surface area (Å²) in [5.74, 6) is -0.793. The first-order chi connectivity index (χ1) is 9.57. The van der Waals surface area contributed by atoms with Crippen molar-refractivity contribution >= 4 is 27.6 Å². The average Bonchev–Trinajstić information content (AvgIpc) is 2.46. The Morgan fingerprint density at radius 2 is 2.20 bits per heavy atom. The molecule has 1 aliphatic heterocycles. The van der Waals surface area contributed by atoms with Crippen molar-refractivity contribution in [1.29, 1.82) is 5.26 Å². The number of hydrogen-bond acceptors (Lipinski definition) is 4. The molecule has 0 aliphatic carbocycles. The zero-order valence-electron chi connectivity index (χ0n) is 10.9. The van der Waals surface area contributed by atoms with E-state index >= 15 is 0 Å². The Bertz CT molecular complexity index is 548. The maximum absolute atomic E-state index is 11.5. The summed E-state index contributed by atoms with van der Waals surface area (Å²) in [5.41, 5.74) is 0.559. The number of nitriles is 1. The first-order valence-electron chi connectivity index (χ1n) is 6.32. The summed E-state index contributed by atoms with van der Waals surface area (Å²) in [6.45, 7) is 1.29. The number of nitrogens with one attached hydrogen (secondary N) is 1. The van der Waals surface area contributed by atoms with Crippen molar-refractivity contribution in [1.82, 2.24) is 0 Å². The van der Waals surface area contributed by atoms with Crippen LogP contribution in [0.25, 0.3) is 0 Å². The number of nitrogens with zero attached hydrogens (tertiary/aromatic N) is 1. The Hall–Kier alpha value is -1.58. The van der Waals surface area contributed by atoms with Gasteiger partial charge >= 0.3 is 5.97 Å². The lowest BCUT2D eigenvalue weighted by atomic mass is 9.80. The van der Waals surface area contributed by atoms with E-state index in [0.29, 0.717) is 38.2 Å². The second-order valence-corrected chi connectivity index (χ2v) is 5.71. The monoisotopic (exact) mass is 338 g/mol. The molecule has 0 atom stereocenters. The second-order valence-electron chi connectivity index (χ2n) is 4.86. The van der Waals surface area contributed by atoms with E-state index in [1.54, 1.807) is 18.2 Å². The maximum atomic E-state index is 11.5. The van der Waals surface area contributed by atoms with Gasteiger partial charge in [0.25, 0.3) is 0 Å². The number of carboxylic acids is 1. The third-order valence-electron chi connectivity index (χ3n) is 3.62. The molecule has 0 aromatic heterocycles. The van der Waals surface area contributed by atoms with Crippen molar-refractivity contribution in [2.45, 2.75) is 12.8 Å². The molecule has 2 rings (SSSR count). The Morgan fingerprint density at radius 1 is 1.50 bits per heavy atom. The summed E-state index contributed by atoms with van der Waals surface area (Å²) in [7, 11) is 0. The molecule has 0 radical (unpaired) electrons. The lowest BCUT2D eigenvalue weighted by Gasteiger charge is -2.33. The van der Waals surface area contributed by atoms with Gasteiger partial charge in [0.15, 0.2) is 0 Å². The van der Waals surface area contributed by atoms with Gasteiger partial charge in [0.1, 0.15) is 0 Å². The second kappa shape index (κ2) is 6.25. The minimum Gasteiger partial charge on any atom is -0.481 e. The molecule has 6 heteroatoms. The third kappa shape index (κ3) is 3.11. The molecule has 0 spiro atoms. The first kappa shape index (κ1) is 14.8. The number of aliphatic carboxylic acids is 1. The molecule has 1 aromatic carbocycles. The highest BCUT2D eigenvalue weighted by Crippen LogP contribution is 2.32. The zero-order chi connectivity index (χ0) is 14.6. The van der Waals surface area contributed by atoms with E-state index in [1.165, 1.54) is 0 Å². The van der Waals surface area contributed by atoms with Crippen molar-refractivity contribution in [3.8, 4) is 6.07 Å². The standard InChI is InChI=1S/C14H15BrN2O3/c15-11-7-10(8-16)1-2-12(11)17-9-14(13(18)19)3-5-20-6-4-14/h1-2,7,17H,3-6,9H2,(H,18,19). The fourth-order valence-electron chi connectivity index (χ4n) is 2.22. The first-order valence-corrected chi connectivity index (χ1v) is 7.11. The van der Waals surface area contributed by atoms with Crippen molar-refractivity contribution in [3.05, 3.63) is 28.2 Å². The van der Waals surface area contributed by atoms with Crippen LogP contribution in [-0.2, 0) is 9.53 Å². The van der Waals surface area contributed by atoms with Crippen molar-refractivity contribution in [2.24, 2.45) is 5.41 Å². The highest BCUT2D eigenvalue weighted by molar-refractivity contribution is 9.10. The lowest BCUT2D eigenvalue weighted by molar-refractivity contribution is -0.153. The van der Waals surface area contributed by atoms with E-state index in [9.17, 15) is 9.90 Å². The van der Waals surface area contributed by atoms with E-state index in [4.69, 9.17) is 10.00 Å². The van der Waals surface area contributed by atoms with Gasteiger partial charge in [-0.25, -0.2) is 0 Å². The van der Waals surface area contributed by atoms with Gasteiger partial charge in [0.05, 0.1) is 17.0 Å². The number of carboxylic acid groups (broad SMARTS) is 1. The number of benzene rings is 1. The molecular weight excluding hydrogens is 324 g/mol. The Morgan fingerprint density at radius 3 is 2.75 bits per heavy atom. The smallest absolute Gasteiger partial charge is 0.311 e. The third-order valence-corrected chi connectivity index (χ3v) is 4.28. The largest absolute Gasteiger partial charge is 0.481 e. The molecule has 1 heterocycles. The highest BCUT2D eigenvalue weighted by atomic mass is 79.9. The summed E-state index contributed by atoms with van der Waals surface area (Å²) in [6, 6.07) is 7.24. The highest BCUT2D eigenvalue weighted by Gasteiger charge is 2.40. The number of anilines is 1. The van der Waals surface area contributed by atoms with E-state index in [0.717, 1.165) is 10.2 Å². The quantitative estimate of drug-likeness (QED) is 0.881. The zero-order valence-corrected chi connectivity index (χ0v) is 12.4. The van der Waals surface area contributed by atoms with E-state index in [-0.39, 0.29) is 0 Å². The molecule has 1 aromatic rings. The number of ether oxygens (including phenoxy) is 1. The Balaban J connectivity index is 2.10. The number of halogens is 1. The molecule has 0 amide bonds. The van der Waals surface area contributed by atoms with Gasteiger partial charge in [0.2, 0.25) is 0 Å². The predicted octanol–water partition coefficient (Wildman–Crippen LogP) is 2.61. The van der Waals surface area contributed by atoms with Crippen LogP contribution < -0.4 is 5.32 Å². The molecule has 0 bridgehead atoms. The van der Waals surface area contributed by atoms with Gasteiger partial charge in [-0.2, -0.15) is 5.26 Å². The van der Waals surface area contributed by atoms with Crippen LogP contribution >= 0.6 is 15.9 Å². The molecule has 0 unspecified atom stereocenters. The minimum absolute atomic E-state index is 0.343. The Labute approximate surface area is 125 Å². The van der Waals surface area contributed by atoms with Gasteiger partial charge in [-0.1, -0.05) is 0 Å². The van der Waals surface area contributed by atoms with Crippen molar-refractivity contribution in [2.75, 3.05) is 25.1 Å². The van der Waals surface area contributed by atoms with Crippen LogP contribution in [0.1, 0.15) is 18.4 Å². The van der Waals surface area contributed by atoms with Crippen molar-refractivity contribution in [3.63, 3.8) is 0 Å². The number of hydrogen-bond donors (Lipinski definition) is 2. The van der Waals surface area contributed by atoms with Gasteiger partial charge in [-0.3, -0.25) is 4.79 Å². The molecule has 2 N–H and O–H groups in total. The molecule has 106 valence electrons. The van der Waals surface area contributed by atoms with E-state index < -0.39 is 11.4 Å². The summed E-state index contributed by atoms with van der Waals surface area (Å²) in [6.07, 6.45) is 1.01. The topological polar surface area (TPSA) is 82.4 Å². The van der Waals surface area contributed by atoms with Gasteiger partial charge in [0, 0.05) is 29.9 Å². The average molecular weight is 339 g/mol. The molecule has 1 saturated heterocycles.